The van der Waals surface area contributed by atoms with Gasteiger partial charge in [-0.05, 0) is 18.2 Å². The first-order valence-electron chi connectivity index (χ1n) is 8.16. The Bertz CT molecular complexity index is 804. The molecule has 0 aliphatic carbocycles. The first-order valence-corrected chi connectivity index (χ1v) is 9.60. The number of amides is 3. The molecule has 0 bridgehead atoms. The number of nitrogens with one attached hydrogen (secondary N) is 1. The molecule has 1 aliphatic rings. The maximum Gasteiger partial charge on any atom is 0.338 e. The highest BCUT2D eigenvalue weighted by atomic mass is 32.2. The molecule has 10 heteroatoms. The van der Waals surface area contributed by atoms with E-state index in [1.807, 2.05) is 0 Å². The summed E-state index contributed by atoms with van der Waals surface area (Å²) in [4.78, 5) is 36.3. The van der Waals surface area contributed by atoms with E-state index in [1.165, 1.54) is 28.6 Å². The molecule has 1 heterocycles. The number of nitrogens with zero attached hydrogens (tertiary/aromatic N) is 2. The van der Waals surface area contributed by atoms with E-state index in [0.29, 0.717) is 19.6 Å². The first-order chi connectivity index (χ1) is 12.3. The molecule has 0 saturated carbocycles. The van der Waals surface area contributed by atoms with Crippen molar-refractivity contribution in [2.75, 3.05) is 32.8 Å². The van der Waals surface area contributed by atoms with Gasteiger partial charge in [-0.1, -0.05) is 19.9 Å². The van der Waals surface area contributed by atoms with Gasteiger partial charge in [0, 0.05) is 26.2 Å². The number of ether oxygens (including phenoxy) is 1. The highest BCUT2D eigenvalue weighted by molar-refractivity contribution is 7.89. The third-order valence-electron chi connectivity index (χ3n) is 3.90. The molecule has 0 aromatic heterocycles. The van der Waals surface area contributed by atoms with Gasteiger partial charge in [0.1, 0.15) is 0 Å². The quantitative estimate of drug-likeness (QED) is 0.683. The average molecular weight is 383 g/mol. The number of imide groups is 1. The average Bonchev–Trinajstić information content (AvgIpc) is 3.06. The van der Waals surface area contributed by atoms with Crippen LogP contribution in [0.2, 0.25) is 0 Å². The smallest absolute Gasteiger partial charge is 0.338 e. The van der Waals surface area contributed by atoms with Gasteiger partial charge in [-0.25, -0.2) is 18.0 Å². The van der Waals surface area contributed by atoms with Crippen LogP contribution in [-0.2, 0) is 19.6 Å². The molecule has 1 aromatic carbocycles. The van der Waals surface area contributed by atoms with Crippen molar-refractivity contribution in [2.24, 2.45) is 0 Å². The minimum atomic E-state index is -3.71. The molecular weight excluding hydrogens is 362 g/mol. The van der Waals surface area contributed by atoms with E-state index in [1.54, 1.807) is 13.8 Å². The summed E-state index contributed by atoms with van der Waals surface area (Å²) in [5, 5.41) is 2.47. The number of carbonyl (C=O) groups excluding carboxylic acids is 3. The van der Waals surface area contributed by atoms with E-state index in [0.717, 1.165) is 4.90 Å². The van der Waals surface area contributed by atoms with Crippen molar-refractivity contribution in [2.45, 2.75) is 18.7 Å². The Hall–Kier alpha value is -2.46. The van der Waals surface area contributed by atoms with Crippen LogP contribution in [0.5, 0.6) is 0 Å². The summed E-state index contributed by atoms with van der Waals surface area (Å²) in [7, 11) is -3.71. The third kappa shape index (κ3) is 4.20. The molecule has 2 rings (SSSR count). The van der Waals surface area contributed by atoms with Crippen LogP contribution in [0, 0.1) is 0 Å². The largest absolute Gasteiger partial charge is 0.452 e. The Morgan fingerprint density at radius 1 is 1.27 bits per heavy atom. The number of rotatable bonds is 7. The van der Waals surface area contributed by atoms with E-state index in [-0.39, 0.29) is 17.0 Å². The molecule has 0 atom stereocenters. The Labute approximate surface area is 152 Å². The zero-order valence-corrected chi connectivity index (χ0v) is 15.4. The van der Waals surface area contributed by atoms with Gasteiger partial charge >= 0.3 is 12.0 Å². The summed E-state index contributed by atoms with van der Waals surface area (Å²) in [6.07, 6.45) is 0. The maximum atomic E-state index is 12.5. The highest BCUT2D eigenvalue weighted by Gasteiger charge is 2.27. The van der Waals surface area contributed by atoms with Crippen molar-refractivity contribution in [3.05, 3.63) is 29.8 Å². The van der Waals surface area contributed by atoms with Crippen molar-refractivity contribution >= 4 is 27.9 Å². The number of benzene rings is 1. The fraction of sp³-hybridized carbons (Fsp3) is 0.438. The van der Waals surface area contributed by atoms with E-state index in [2.05, 4.69) is 5.32 Å². The van der Waals surface area contributed by atoms with Crippen LogP contribution >= 0.6 is 0 Å². The van der Waals surface area contributed by atoms with E-state index in [9.17, 15) is 22.8 Å². The van der Waals surface area contributed by atoms with Crippen molar-refractivity contribution in [1.82, 2.24) is 14.5 Å². The summed E-state index contributed by atoms with van der Waals surface area (Å²) in [6.45, 7) is 4.02. The summed E-state index contributed by atoms with van der Waals surface area (Å²) >= 11 is 0. The standard InChI is InChI=1S/C16H21N3O6S/c1-3-18(4-2)26(23,24)13-7-5-6-12(10-13)15(21)25-11-14(20)19-9-8-17-16(19)22/h5-7,10H,3-4,8-9,11H2,1-2H3,(H,17,22). The van der Waals surface area contributed by atoms with Gasteiger partial charge in [-0.2, -0.15) is 4.31 Å². The normalized spacial score (nSPS) is 14.4. The number of esters is 1. The fourth-order valence-corrected chi connectivity index (χ4v) is 4.00. The monoisotopic (exact) mass is 383 g/mol. The van der Waals surface area contributed by atoms with Crippen molar-refractivity contribution in [3.63, 3.8) is 0 Å². The molecule has 0 unspecified atom stereocenters. The second kappa shape index (κ2) is 8.28. The molecule has 26 heavy (non-hydrogen) atoms. The van der Waals surface area contributed by atoms with Gasteiger partial charge in [-0.3, -0.25) is 9.69 Å². The van der Waals surface area contributed by atoms with Crippen LogP contribution in [0.4, 0.5) is 4.79 Å². The highest BCUT2D eigenvalue weighted by Crippen LogP contribution is 2.17. The molecule has 1 N–H and O–H groups in total. The summed E-state index contributed by atoms with van der Waals surface area (Å²) in [5.41, 5.74) is 0.0110. The lowest BCUT2D eigenvalue weighted by Crippen LogP contribution is -2.37. The van der Waals surface area contributed by atoms with Gasteiger partial charge in [0.15, 0.2) is 6.61 Å². The van der Waals surface area contributed by atoms with Gasteiger partial charge in [0.05, 0.1) is 10.5 Å². The second-order valence-electron chi connectivity index (χ2n) is 5.47. The van der Waals surface area contributed by atoms with Crippen molar-refractivity contribution < 1.29 is 27.5 Å². The van der Waals surface area contributed by atoms with E-state index in [4.69, 9.17) is 4.74 Å². The number of sulfonamides is 1. The summed E-state index contributed by atoms with van der Waals surface area (Å²) in [6, 6.07) is 4.91. The second-order valence-corrected chi connectivity index (χ2v) is 7.41. The summed E-state index contributed by atoms with van der Waals surface area (Å²) in [5.74, 6) is -1.48. The van der Waals surface area contributed by atoms with Crippen LogP contribution in [0.25, 0.3) is 0 Å². The van der Waals surface area contributed by atoms with E-state index >= 15 is 0 Å². The van der Waals surface area contributed by atoms with E-state index < -0.39 is 34.5 Å². The Morgan fingerprint density at radius 3 is 2.54 bits per heavy atom. The zero-order chi connectivity index (χ0) is 19.3. The predicted molar refractivity (Wildman–Crippen MR) is 91.9 cm³/mol. The molecular formula is C16H21N3O6S. The van der Waals surface area contributed by atoms with Gasteiger partial charge in [-0.15, -0.1) is 0 Å². The SMILES string of the molecule is CCN(CC)S(=O)(=O)c1cccc(C(=O)OCC(=O)N2CCNC2=O)c1. The molecule has 1 saturated heterocycles. The lowest BCUT2D eigenvalue weighted by molar-refractivity contribution is -0.130. The molecule has 3 amide bonds. The Morgan fingerprint density at radius 2 is 1.96 bits per heavy atom. The number of urea groups is 1. The zero-order valence-electron chi connectivity index (χ0n) is 14.6. The van der Waals surface area contributed by atoms with Crippen molar-refractivity contribution in [3.8, 4) is 0 Å². The maximum absolute atomic E-state index is 12.5. The fourth-order valence-electron chi connectivity index (χ4n) is 2.49. The molecule has 9 nitrogen and oxygen atoms in total. The predicted octanol–water partition coefficient (Wildman–Crippen LogP) is 0.426. The third-order valence-corrected chi connectivity index (χ3v) is 5.94. The number of hydrogen-bond donors (Lipinski definition) is 1. The Balaban J connectivity index is 2.08. The van der Waals surface area contributed by atoms with Gasteiger partial charge in [0.25, 0.3) is 5.91 Å². The molecule has 0 spiro atoms. The van der Waals surface area contributed by atoms with Crippen LogP contribution in [0.3, 0.4) is 0 Å². The summed E-state index contributed by atoms with van der Waals surface area (Å²) < 4.78 is 31.2. The molecule has 1 aromatic rings. The van der Waals surface area contributed by atoms with Crippen LogP contribution in [-0.4, -0.2) is 68.3 Å². The topological polar surface area (TPSA) is 113 Å². The van der Waals surface area contributed by atoms with Gasteiger partial charge < -0.3 is 10.1 Å². The van der Waals surface area contributed by atoms with Crippen LogP contribution in [0.1, 0.15) is 24.2 Å². The minimum Gasteiger partial charge on any atom is -0.452 e. The van der Waals surface area contributed by atoms with Gasteiger partial charge in [0.2, 0.25) is 10.0 Å². The van der Waals surface area contributed by atoms with Crippen LogP contribution < -0.4 is 5.32 Å². The number of carbonyl (C=O) groups is 3. The molecule has 1 aliphatic heterocycles. The lowest BCUT2D eigenvalue weighted by atomic mass is 10.2. The minimum absolute atomic E-state index is 0.0110. The van der Waals surface area contributed by atoms with Crippen LogP contribution in [0.15, 0.2) is 29.2 Å². The molecule has 142 valence electrons. The molecule has 0 radical (unpaired) electrons. The van der Waals surface area contributed by atoms with Crippen molar-refractivity contribution in [1.29, 1.82) is 0 Å². The number of hydrogen-bond acceptors (Lipinski definition) is 6. The first kappa shape index (κ1) is 19.9. The lowest BCUT2D eigenvalue weighted by Gasteiger charge is -2.18. The Kier molecular flexibility index (Phi) is 6.32. The molecule has 1 fully saturated rings.